The quantitative estimate of drug-likeness (QED) is 0.723. The third-order valence-electron chi connectivity index (χ3n) is 2.22. The van der Waals surface area contributed by atoms with Crippen LogP contribution in [0.5, 0.6) is 0 Å². The van der Waals surface area contributed by atoms with E-state index in [1.165, 1.54) is 13.4 Å². The highest BCUT2D eigenvalue weighted by Crippen LogP contribution is 2.11. The Bertz CT molecular complexity index is 480. The molecule has 0 amide bonds. The molecule has 5 heteroatoms. The number of carbonyl (C=O) groups excluding carboxylic acids is 1. The van der Waals surface area contributed by atoms with E-state index in [1.54, 1.807) is 23.1 Å². The van der Waals surface area contributed by atoms with Crippen LogP contribution in [0, 0.1) is 0 Å². The van der Waals surface area contributed by atoms with Crippen molar-refractivity contribution in [2.45, 2.75) is 6.54 Å². The highest BCUT2D eigenvalue weighted by Gasteiger charge is 2.10. The maximum atomic E-state index is 11.5. The van der Waals surface area contributed by atoms with Crippen molar-refractivity contribution >= 4 is 5.97 Å². The fourth-order valence-electron chi connectivity index (χ4n) is 1.46. The minimum absolute atomic E-state index is 0.337. The number of hydrogen-bond acceptors (Lipinski definition) is 4. The maximum absolute atomic E-state index is 11.5. The van der Waals surface area contributed by atoms with Gasteiger partial charge in [-0.05, 0) is 11.6 Å². The molecule has 0 atom stereocenters. The van der Waals surface area contributed by atoms with Crippen LogP contribution in [0.3, 0.4) is 0 Å². The molecule has 2 rings (SSSR count). The van der Waals surface area contributed by atoms with Crippen LogP contribution < -0.4 is 0 Å². The Morgan fingerprint density at radius 2 is 2.25 bits per heavy atom. The van der Waals surface area contributed by atoms with Gasteiger partial charge in [-0.2, -0.15) is 5.10 Å². The lowest BCUT2D eigenvalue weighted by atomic mass is 10.1. The third kappa shape index (κ3) is 2.08. The summed E-state index contributed by atoms with van der Waals surface area (Å²) in [5.74, 6) is -0.337. The second kappa shape index (κ2) is 4.57. The van der Waals surface area contributed by atoms with Crippen molar-refractivity contribution < 1.29 is 9.53 Å². The number of benzene rings is 1. The van der Waals surface area contributed by atoms with Gasteiger partial charge in [0.05, 0.1) is 19.2 Å². The van der Waals surface area contributed by atoms with Gasteiger partial charge in [-0.3, -0.25) is 0 Å². The molecule has 0 fully saturated rings. The summed E-state index contributed by atoms with van der Waals surface area (Å²) in [6.07, 6.45) is 3.06. The maximum Gasteiger partial charge on any atom is 0.338 e. The number of nitrogens with zero attached hydrogens (tertiary/aromatic N) is 3. The van der Waals surface area contributed by atoms with Crippen molar-refractivity contribution in [3.05, 3.63) is 48.0 Å². The Morgan fingerprint density at radius 3 is 2.94 bits per heavy atom. The van der Waals surface area contributed by atoms with Crippen LogP contribution in [0.4, 0.5) is 0 Å². The van der Waals surface area contributed by atoms with Crippen molar-refractivity contribution in [1.29, 1.82) is 0 Å². The summed E-state index contributed by atoms with van der Waals surface area (Å²) in [4.78, 5) is 15.3. The number of aromatic nitrogens is 3. The number of ether oxygens (including phenoxy) is 1. The smallest absolute Gasteiger partial charge is 0.338 e. The van der Waals surface area contributed by atoms with Gasteiger partial charge in [0, 0.05) is 0 Å². The van der Waals surface area contributed by atoms with Crippen LogP contribution in [-0.2, 0) is 11.3 Å². The summed E-state index contributed by atoms with van der Waals surface area (Å²) in [7, 11) is 1.37. The summed E-state index contributed by atoms with van der Waals surface area (Å²) in [6, 6.07) is 7.28. The van der Waals surface area contributed by atoms with E-state index in [1.807, 2.05) is 12.1 Å². The molecular weight excluding hydrogens is 206 g/mol. The molecule has 0 spiro atoms. The molecule has 0 saturated carbocycles. The minimum atomic E-state index is -0.337. The monoisotopic (exact) mass is 217 g/mol. The lowest BCUT2D eigenvalue weighted by molar-refractivity contribution is 0.0599. The van der Waals surface area contributed by atoms with E-state index >= 15 is 0 Å². The van der Waals surface area contributed by atoms with Crippen molar-refractivity contribution in [3.63, 3.8) is 0 Å². The van der Waals surface area contributed by atoms with E-state index in [9.17, 15) is 4.79 Å². The molecule has 1 aromatic heterocycles. The molecule has 0 radical (unpaired) electrons. The van der Waals surface area contributed by atoms with Gasteiger partial charge in [-0.15, -0.1) is 0 Å². The molecule has 0 aliphatic rings. The molecule has 0 aliphatic carbocycles. The standard InChI is InChI=1S/C11H11N3O2/c1-16-11(15)10-5-3-2-4-9(10)6-14-8-12-7-13-14/h2-5,7-8H,6H2,1H3. The van der Waals surface area contributed by atoms with E-state index in [0.29, 0.717) is 12.1 Å². The molecule has 2 aromatic rings. The zero-order valence-electron chi connectivity index (χ0n) is 8.83. The Hall–Kier alpha value is -2.17. The van der Waals surface area contributed by atoms with Crippen LogP contribution in [0.25, 0.3) is 0 Å². The molecule has 0 saturated heterocycles. The highest BCUT2D eigenvalue weighted by molar-refractivity contribution is 5.90. The first-order chi connectivity index (χ1) is 7.81. The topological polar surface area (TPSA) is 57.0 Å². The van der Waals surface area contributed by atoms with Gasteiger partial charge in [0.25, 0.3) is 0 Å². The third-order valence-corrected chi connectivity index (χ3v) is 2.22. The average Bonchev–Trinajstić information content (AvgIpc) is 2.82. The van der Waals surface area contributed by atoms with Crippen molar-refractivity contribution in [3.8, 4) is 0 Å². The van der Waals surface area contributed by atoms with E-state index in [2.05, 4.69) is 10.1 Å². The van der Waals surface area contributed by atoms with E-state index in [-0.39, 0.29) is 5.97 Å². The first kappa shape index (κ1) is 10.4. The number of hydrogen-bond donors (Lipinski definition) is 0. The fraction of sp³-hybridized carbons (Fsp3) is 0.182. The van der Waals surface area contributed by atoms with E-state index < -0.39 is 0 Å². The van der Waals surface area contributed by atoms with E-state index in [0.717, 1.165) is 5.56 Å². The summed E-state index contributed by atoms with van der Waals surface area (Å²) in [5.41, 5.74) is 1.42. The van der Waals surface area contributed by atoms with Crippen LogP contribution in [0.1, 0.15) is 15.9 Å². The molecule has 0 unspecified atom stereocenters. The van der Waals surface area contributed by atoms with Crippen LogP contribution >= 0.6 is 0 Å². The molecule has 0 N–H and O–H groups in total. The normalized spacial score (nSPS) is 10.1. The minimum Gasteiger partial charge on any atom is -0.465 e. The Balaban J connectivity index is 2.30. The van der Waals surface area contributed by atoms with Gasteiger partial charge in [0.1, 0.15) is 12.7 Å². The lowest BCUT2D eigenvalue weighted by Crippen LogP contribution is -2.09. The molecule has 0 bridgehead atoms. The summed E-state index contributed by atoms with van der Waals surface area (Å²) >= 11 is 0. The Morgan fingerprint density at radius 1 is 1.44 bits per heavy atom. The molecule has 82 valence electrons. The molecule has 1 heterocycles. The van der Waals surface area contributed by atoms with Gasteiger partial charge < -0.3 is 4.74 Å². The molecular formula is C11H11N3O2. The van der Waals surface area contributed by atoms with Gasteiger partial charge >= 0.3 is 5.97 Å². The molecule has 0 aliphatic heterocycles. The van der Waals surface area contributed by atoms with Gasteiger partial charge in [0.15, 0.2) is 0 Å². The summed E-state index contributed by atoms with van der Waals surface area (Å²) < 4.78 is 6.37. The highest BCUT2D eigenvalue weighted by atomic mass is 16.5. The summed E-state index contributed by atoms with van der Waals surface area (Å²) in [5, 5.41) is 3.99. The molecule has 1 aromatic carbocycles. The second-order valence-electron chi connectivity index (χ2n) is 3.24. The van der Waals surface area contributed by atoms with Crippen LogP contribution in [0.2, 0.25) is 0 Å². The SMILES string of the molecule is COC(=O)c1ccccc1Cn1cncn1. The predicted octanol–water partition coefficient (Wildman–Crippen LogP) is 1.11. The van der Waals surface area contributed by atoms with Crippen molar-refractivity contribution in [1.82, 2.24) is 14.8 Å². The molecule has 5 nitrogen and oxygen atoms in total. The zero-order chi connectivity index (χ0) is 11.4. The molecule has 16 heavy (non-hydrogen) atoms. The van der Waals surface area contributed by atoms with Crippen LogP contribution in [-0.4, -0.2) is 27.8 Å². The lowest BCUT2D eigenvalue weighted by Gasteiger charge is -2.06. The number of esters is 1. The first-order valence-electron chi connectivity index (χ1n) is 4.80. The zero-order valence-corrected chi connectivity index (χ0v) is 8.83. The van der Waals surface area contributed by atoms with E-state index in [4.69, 9.17) is 4.74 Å². The van der Waals surface area contributed by atoms with Gasteiger partial charge in [0.2, 0.25) is 0 Å². The first-order valence-corrected chi connectivity index (χ1v) is 4.80. The largest absolute Gasteiger partial charge is 0.465 e. The predicted molar refractivity (Wildman–Crippen MR) is 56.9 cm³/mol. The van der Waals surface area contributed by atoms with Crippen molar-refractivity contribution in [2.75, 3.05) is 7.11 Å². The van der Waals surface area contributed by atoms with Crippen molar-refractivity contribution in [2.24, 2.45) is 0 Å². The Labute approximate surface area is 92.7 Å². The van der Waals surface area contributed by atoms with Gasteiger partial charge in [-0.25, -0.2) is 14.5 Å². The van der Waals surface area contributed by atoms with Gasteiger partial charge in [-0.1, -0.05) is 18.2 Å². The average molecular weight is 217 g/mol. The number of carbonyl (C=O) groups is 1. The van der Waals surface area contributed by atoms with Crippen LogP contribution in [0.15, 0.2) is 36.9 Å². The summed E-state index contributed by atoms with van der Waals surface area (Å²) in [6.45, 7) is 0.505. The number of methoxy groups -OCH3 is 1. The second-order valence-corrected chi connectivity index (χ2v) is 3.24. The Kier molecular flexibility index (Phi) is 2.95. The number of rotatable bonds is 3. The fourth-order valence-corrected chi connectivity index (χ4v) is 1.46.